The predicted octanol–water partition coefficient (Wildman–Crippen LogP) is 2.28. The van der Waals surface area contributed by atoms with E-state index in [4.69, 9.17) is 0 Å². The fraction of sp³-hybridized carbons (Fsp3) is 0.667. The molecule has 0 aliphatic rings. The molecule has 0 fully saturated rings. The van der Waals surface area contributed by atoms with Crippen molar-refractivity contribution in [3.63, 3.8) is 0 Å². The number of hydrogen-bond acceptors (Lipinski definition) is 4. The lowest BCUT2D eigenvalue weighted by molar-refractivity contribution is 0.693. The summed E-state index contributed by atoms with van der Waals surface area (Å²) in [5.74, 6) is 2.17. The van der Waals surface area contributed by atoms with E-state index in [1.165, 1.54) is 0 Å². The van der Waals surface area contributed by atoms with Crippen LogP contribution in [-0.2, 0) is 6.42 Å². The van der Waals surface area contributed by atoms with E-state index in [-0.39, 0.29) is 0 Å². The maximum atomic E-state index is 4.36. The smallest absolute Gasteiger partial charge is 0.190 e. The van der Waals surface area contributed by atoms with Gasteiger partial charge in [-0.15, -0.1) is 0 Å². The van der Waals surface area contributed by atoms with Gasteiger partial charge in [-0.2, -0.15) is 0 Å². The van der Waals surface area contributed by atoms with Crippen LogP contribution in [0.1, 0.15) is 38.3 Å². The van der Waals surface area contributed by atoms with Crippen molar-refractivity contribution >= 4 is 11.8 Å². The van der Waals surface area contributed by atoms with E-state index in [9.17, 15) is 0 Å². The fourth-order valence-electron chi connectivity index (χ4n) is 0.923. The molecule has 0 saturated carbocycles. The molecule has 0 aliphatic carbocycles. The van der Waals surface area contributed by atoms with E-state index in [2.05, 4.69) is 35.7 Å². The van der Waals surface area contributed by atoms with Crippen molar-refractivity contribution in [2.45, 2.75) is 38.3 Å². The zero-order valence-corrected chi connectivity index (χ0v) is 9.35. The Kier molecular flexibility index (Phi) is 3.66. The molecule has 0 atom stereocenters. The molecular weight excluding hydrogens is 182 g/mol. The van der Waals surface area contributed by atoms with E-state index in [0.29, 0.717) is 5.92 Å². The molecule has 0 aliphatic heterocycles. The zero-order chi connectivity index (χ0) is 9.84. The quantitative estimate of drug-likeness (QED) is 0.697. The number of rotatable bonds is 3. The lowest BCUT2D eigenvalue weighted by atomic mass is 10.2. The van der Waals surface area contributed by atoms with Gasteiger partial charge in [-0.25, -0.2) is 15.0 Å². The predicted molar refractivity (Wildman–Crippen MR) is 55.1 cm³/mol. The molecular formula is C9H15N3S. The van der Waals surface area contributed by atoms with Gasteiger partial charge in [0.15, 0.2) is 5.16 Å². The average Bonchev–Trinajstić information content (AvgIpc) is 2.16. The Bertz CT molecular complexity index is 264. The summed E-state index contributed by atoms with van der Waals surface area (Å²) in [5, 5.41) is 0.829. The minimum Gasteiger partial charge on any atom is -0.218 e. The minimum atomic E-state index is 0.374. The number of hydrogen-bond donors (Lipinski definition) is 0. The Morgan fingerprint density at radius 1 is 1.23 bits per heavy atom. The Labute approximate surface area is 83.4 Å². The highest BCUT2D eigenvalue weighted by molar-refractivity contribution is 7.98. The first-order valence-corrected chi connectivity index (χ1v) is 5.68. The van der Waals surface area contributed by atoms with Gasteiger partial charge in [-0.05, 0) is 6.26 Å². The molecule has 0 saturated heterocycles. The minimum absolute atomic E-state index is 0.374. The topological polar surface area (TPSA) is 38.7 Å². The molecule has 1 aromatic heterocycles. The van der Waals surface area contributed by atoms with E-state index in [1.54, 1.807) is 11.8 Å². The Morgan fingerprint density at radius 3 is 2.38 bits per heavy atom. The fourth-order valence-corrected chi connectivity index (χ4v) is 1.30. The number of aromatic nitrogens is 3. The molecule has 0 amide bonds. The lowest BCUT2D eigenvalue weighted by Crippen LogP contribution is -2.05. The molecule has 4 heteroatoms. The molecule has 72 valence electrons. The molecule has 0 spiro atoms. The van der Waals surface area contributed by atoms with Crippen LogP contribution >= 0.6 is 11.8 Å². The van der Waals surface area contributed by atoms with Crippen LogP contribution in [0.25, 0.3) is 0 Å². The molecule has 0 bridgehead atoms. The van der Waals surface area contributed by atoms with Crippen molar-refractivity contribution in [2.24, 2.45) is 0 Å². The summed E-state index contributed by atoms with van der Waals surface area (Å²) in [6.07, 6.45) is 2.86. The monoisotopic (exact) mass is 197 g/mol. The summed E-state index contributed by atoms with van der Waals surface area (Å²) in [7, 11) is 0. The second-order valence-electron chi connectivity index (χ2n) is 3.10. The Hall–Kier alpha value is -0.640. The molecule has 0 unspecified atom stereocenters. The van der Waals surface area contributed by atoms with Gasteiger partial charge in [0.05, 0.1) is 0 Å². The SMILES string of the molecule is CCc1nc(SC)nc(C(C)C)n1. The highest BCUT2D eigenvalue weighted by Gasteiger charge is 2.07. The molecule has 0 radical (unpaired) electrons. The molecule has 0 aromatic carbocycles. The van der Waals surface area contributed by atoms with Gasteiger partial charge in [0, 0.05) is 12.3 Å². The number of nitrogens with zero attached hydrogens (tertiary/aromatic N) is 3. The maximum absolute atomic E-state index is 4.36. The maximum Gasteiger partial charge on any atom is 0.190 e. The summed E-state index contributed by atoms with van der Waals surface area (Å²) in [6.45, 7) is 6.25. The molecule has 1 rings (SSSR count). The summed E-state index contributed by atoms with van der Waals surface area (Å²) < 4.78 is 0. The number of aryl methyl sites for hydroxylation is 1. The van der Waals surface area contributed by atoms with E-state index < -0.39 is 0 Å². The first-order valence-electron chi connectivity index (χ1n) is 4.46. The van der Waals surface area contributed by atoms with Crippen molar-refractivity contribution < 1.29 is 0 Å². The van der Waals surface area contributed by atoms with Crippen LogP contribution in [0.3, 0.4) is 0 Å². The van der Waals surface area contributed by atoms with Crippen molar-refractivity contribution in [1.82, 2.24) is 15.0 Å². The first-order chi connectivity index (χ1) is 6.17. The van der Waals surface area contributed by atoms with Crippen LogP contribution in [-0.4, -0.2) is 21.2 Å². The first kappa shape index (κ1) is 10.4. The third kappa shape index (κ3) is 2.66. The van der Waals surface area contributed by atoms with Crippen LogP contribution in [0.4, 0.5) is 0 Å². The highest BCUT2D eigenvalue weighted by Crippen LogP contribution is 2.14. The van der Waals surface area contributed by atoms with Crippen LogP contribution in [0.5, 0.6) is 0 Å². The van der Waals surface area contributed by atoms with Crippen LogP contribution in [0.15, 0.2) is 5.16 Å². The third-order valence-corrected chi connectivity index (χ3v) is 2.24. The van der Waals surface area contributed by atoms with E-state index in [1.807, 2.05) is 6.26 Å². The molecule has 13 heavy (non-hydrogen) atoms. The van der Waals surface area contributed by atoms with Gasteiger partial charge < -0.3 is 0 Å². The van der Waals surface area contributed by atoms with Crippen molar-refractivity contribution in [3.05, 3.63) is 11.6 Å². The summed E-state index contributed by atoms with van der Waals surface area (Å²) >= 11 is 1.57. The molecule has 0 N–H and O–H groups in total. The van der Waals surface area contributed by atoms with Crippen LogP contribution < -0.4 is 0 Å². The van der Waals surface area contributed by atoms with Gasteiger partial charge in [0.25, 0.3) is 0 Å². The summed E-state index contributed by atoms with van der Waals surface area (Å²) in [4.78, 5) is 13.0. The van der Waals surface area contributed by atoms with Gasteiger partial charge in [0.2, 0.25) is 0 Å². The second-order valence-corrected chi connectivity index (χ2v) is 3.88. The van der Waals surface area contributed by atoms with Gasteiger partial charge in [-0.3, -0.25) is 0 Å². The standard InChI is InChI=1S/C9H15N3S/c1-5-7-10-8(6(2)3)12-9(11-7)13-4/h6H,5H2,1-4H3. The van der Waals surface area contributed by atoms with Gasteiger partial charge in [0.1, 0.15) is 11.6 Å². The number of thioether (sulfide) groups is 1. The Morgan fingerprint density at radius 2 is 1.92 bits per heavy atom. The molecule has 3 nitrogen and oxygen atoms in total. The summed E-state index contributed by atoms with van der Waals surface area (Å²) in [5.41, 5.74) is 0. The zero-order valence-electron chi connectivity index (χ0n) is 8.53. The highest BCUT2D eigenvalue weighted by atomic mass is 32.2. The normalized spacial score (nSPS) is 10.8. The largest absolute Gasteiger partial charge is 0.218 e. The molecule has 1 aromatic rings. The van der Waals surface area contributed by atoms with Crippen molar-refractivity contribution in [2.75, 3.05) is 6.26 Å². The van der Waals surface area contributed by atoms with E-state index >= 15 is 0 Å². The summed E-state index contributed by atoms with van der Waals surface area (Å²) in [6, 6.07) is 0. The Balaban J connectivity index is 3.07. The van der Waals surface area contributed by atoms with Crippen molar-refractivity contribution in [3.8, 4) is 0 Å². The molecule has 1 heterocycles. The van der Waals surface area contributed by atoms with E-state index in [0.717, 1.165) is 23.2 Å². The van der Waals surface area contributed by atoms with Gasteiger partial charge >= 0.3 is 0 Å². The van der Waals surface area contributed by atoms with Crippen LogP contribution in [0.2, 0.25) is 0 Å². The third-order valence-electron chi connectivity index (χ3n) is 1.69. The van der Waals surface area contributed by atoms with Gasteiger partial charge in [-0.1, -0.05) is 32.5 Å². The second kappa shape index (κ2) is 4.56. The van der Waals surface area contributed by atoms with Crippen LogP contribution in [0, 0.1) is 0 Å². The van der Waals surface area contributed by atoms with Crippen molar-refractivity contribution in [1.29, 1.82) is 0 Å². The average molecular weight is 197 g/mol. The lowest BCUT2D eigenvalue weighted by Gasteiger charge is -2.06.